The van der Waals surface area contributed by atoms with Crippen LogP contribution in [0.3, 0.4) is 0 Å². The number of benzene rings is 1. The number of carbonyl (C=O) groups is 1. The molecule has 0 aliphatic heterocycles. The maximum Gasteiger partial charge on any atom is 0.233 e. The van der Waals surface area contributed by atoms with Crippen LogP contribution in [-0.2, 0) is 4.79 Å². The highest BCUT2D eigenvalue weighted by Crippen LogP contribution is 2.50. The van der Waals surface area contributed by atoms with Crippen LogP contribution in [0.1, 0.15) is 26.2 Å². The smallest absolute Gasteiger partial charge is 0.233 e. The first-order valence-corrected chi connectivity index (χ1v) is 5.63. The molecular weight excluding hydrogens is 205 g/mol. The van der Waals surface area contributed by atoms with E-state index in [1.165, 1.54) is 11.0 Å². The largest absolute Gasteiger partial charge is 0.312 e. The normalized spacial score (nSPS) is 16.9. The molecule has 1 saturated carbocycles. The number of amides is 1. The molecule has 16 heavy (non-hydrogen) atoms. The highest BCUT2D eigenvalue weighted by molar-refractivity contribution is 5.98. The van der Waals surface area contributed by atoms with Crippen molar-refractivity contribution in [3.05, 3.63) is 30.1 Å². The highest BCUT2D eigenvalue weighted by Gasteiger charge is 2.49. The van der Waals surface area contributed by atoms with Gasteiger partial charge in [-0.05, 0) is 31.4 Å². The van der Waals surface area contributed by atoms with E-state index < -0.39 is 0 Å². The molecule has 0 spiro atoms. The average molecular weight is 221 g/mol. The first kappa shape index (κ1) is 11.1. The summed E-state index contributed by atoms with van der Waals surface area (Å²) in [5, 5.41) is 0. The molecule has 2 rings (SSSR count). The number of anilines is 1. The lowest BCUT2D eigenvalue weighted by Gasteiger charge is -2.23. The third kappa shape index (κ3) is 1.70. The summed E-state index contributed by atoms with van der Waals surface area (Å²) in [6.07, 6.45) is 2.70. The predicted molar refractivity (Wildman–Crippen MR) is 61.8 cm³/mol. The van der Waals surface area contributed by atoms with Crippen LogP contribution in [0.4, 0.5) is 10.1 Å². The standard InChI is InChI=1S/C13H16FNO/c1-3-13(8-9-13)12(16)15(2)11-7-5-4-6-10(11)14/h4-7H,3,8-9H2,1-2H3. The van der Waals surface area contributed by atoms with Crippen molar-refractivity contribution in [2.24, 2.45) is 5.41 Å². The Balaban J connectivity index is 2.23. The number of hydrogen-bond acceptors (Lipinski definition) is 1. The van der Waals surface area contributed by atoms with Crippen molar-refractivity contribution < 1.29 is 9.18 Å². The van der Waals surface area contributed by atoms with Gasteiger partial charge in [-0.2, -0.15) is 0 Å². The molecule has 2 nitrogen and oxygen atoms in total. The Labute approximate surface area is 95.1 Å². The lowest BCUT2D eigenvalue weighted by atomic mass is 10.0. The van der Waals surface area contributed by atoms with Gasteiger partial charge in [-0.1, -0.05) is 19.1 Å². The van der Waals surface area contributed by atoms with Crippen LogP contribution in [0.15, 0.2) is 24.3 Å². The molecule has 1 aromatic carbocycles. The molecular formula is C13H16FNO. The monoisotopic (exact) mass is 221 g/mol. The van der Waals surface area contributed by atoms with E-state index >= 15 is 0 Å². The van der Waals surface area contributed by atoms with Crippen molar-refractivity contribution in [1.29, 1.82) is 0 Å². The topological polar surface area (TPSA) is 20.3 Å². The fraction of sp³-hybridized carbons (Fsp3) is 0.462. The van der Waals surface area contributed by atoms with Crippen LogP contribution in [0.2, 0.25) is 0 Å². The van der Waals surface area contributed by atoms with E-state index in [1.54, 1.807) is 25.2 Å². The molecule has 1 aliphatic carbocycles. The van der Waals surface area contributed by atoms with Gasteiger partial charge in [0.25, 0.3) is 0 Å². The number of carbonyl (C=O) groups excluding carboxylic acids is 1. The lowest BCUT2D eigenvalue weighted by molar-refractivity contribution is -0.123. The number of rotatable bonds is 3. The van der Waals surface area contributed by atoms with Crippen molar-refractivity contribution >= 4 is 11.6 Å². The molecule has 3 heteroatoms. The van der Waals surface area contributed by atoms with Crippen molar-refractivity contribution in [2.45, 2.75) is 26.2 Å². The van der Waals surface area contributed by atoms with E-state index in [-0.39, 0.29) is 17.1 Å². The van der Waals surface area contributed by atoms with Gasteiger partial charge in [-0.3, -0.25) is 4.79 Å². The van der Waals surface area contributed by atoms with Crippen molar-refractivity contribution in [3.8, 4) is 0 Å². The molecule has 0 unspecified atom stereocenters. The molecule has 86 valence electrons. The number of para-hydroxylation sites is 1. The van der Waals surface area contributed by atoms with Crippen molar-refractivity contribution in [3.63, 3.8) is 0 Å². The van der Waals surface area contributed by atoms with E-state index in [9.17, 15) is 9.18 Å². The minimum Gasteiger partial charge on any atom is -0.312 e. The summed E-state index contributed by atoms with van der Waals surface area (Å²) in [6, 6.07) is 6.39. The fourth-order valence-corrected chi connectivity index (χ4v) is 2.06. The second-order valence-electron chi connectivity index (χ2n) is 4.45. The fourth-order valence-electron chi connectivity index (χ4n) is 2.06. The zero-order valence-electron chi connectivity index (χ0n) is 9.66. The first-order chi connectivity index (χ1) is 7.60. The summed E-state index contributed by atoms with van der Waals surface area (Å²) in [5.74, 6) is -0.301. The van der Waals surface area contributed by atoms with Gasteiger partial charge in [0.15, 0.2) is 0 Å². The Morgan fingerprint density at radius 3 is 2.56 bits per heavy atom. The maximum atomic E-state index is 13.5. The van der Waals surface area contributed by atoms with Gasteiger partial charge in [0.1, 0.15) is 5.82 Å². The molecule has 0 saturated heterocycles. The Hall–Kier alpha value is -1.38. The van der Waals surface area contributed by atoms with Crippen LogP contribution >= 0.6 is 0 Å². The van der Waals surface area contributed by atoms with Gasteiger partial charge in [-0.15, -0.1) is 0 Å². The van der Waals surface area contributed by atoms with Crippen LogP contribution in [0, 0.1) is 11.2 Å². The van der Waals surface area contributed by atoms with E-state index in [4.69, 9.17) is 0 Å². The number of nitrogens with zero attached hydrogens (tertiary/aromatic N) is 1. The Morgan fingerprint density at radius 1 is 1.44 bits per heavy atom. The third-order valence-corrected chi connectivity index (χ3v) is 3.50. The highest BCUT2D eigenvalue weighted by atomic mass is 19.1. The van der Waals surface area contributed by atoms with Gasteiger partial charge in [0, 0.05) is 12.5 Å². The summed E-state index contributed by atoms with van der Waals surface area (Å²) >= 11 is 0. The molecule has 0 N–H and O–H groups in total. The summed E-state index contributed by atoms with van der Waals surface area (Å²) in [4.78, 5) is 13.6. The molecule has 0 radical (unpaired) electrons. The SMILES string of the molecule is CCC1(C(=O)N(C)c2ccccc2F)CC1. The summed E-state index contributed by atoms with van der Waals surface area (Å²) < 4.78 is 13.5. The molecule has 1 aromatic rings. The van der Waals surface area contributed by atoms with Gasteiger partial charge in [-0.25, -0.2) is 4.39 Å². The maximum absolute atomic E-state index is 13.5. The zero-order chi connectivity index (χ0) is 11.8. The molecule has 1 aliphatic rings. The van der Waals surface area contributed by atoms with Gasteiger partial charge < -0.3 is 4.90 Å². The van der Waals surface area contributed by atoms with Gasteiger partial charge in [0.2, 0.25) is 5.91 Å². The Morgan fingerprint density at radius 2 is 2.06 bits per heavy atom. The van der Waals surface area contributed by atoms with E-state index in [1.807, 2.05) is 6.92 Å². The summed E-state index contributed by atoms with van der Waals surface area (Å²) in [6.45, 7) is 2.01. The van der Waals surface area contributed by atoms with Crippen molar-refractivity contribution in [2.75, 3.05) is 11.9 Å². The minimum atomic E-state index is -0.342. The van der Waals surface area contributed by atoms with Crippen molar-refractivity contribution in [1.82, 2.24) is 0 Å². The average Bonchev–Trinajstić information content (AvgIpc) is 3.09. The second kappa shape index (κ2) is 3.89. The Bertz CT molecular complexity index is 412. The molecule has 1 fully saturated rings. The van der Waals surface area contributed by atoms with Gasteiger partial charge >= 0.3 is 0 Å². The number of hydrogen-bond donors (Lipinski definition) is 0. The van der Waals surface area contributed by atoms with Crippen LogP contribution < -0.4 is 4.90 Å². The van der Waals surface area contributed by atoms with Gasteiger partial charge in [0.05, 0.1) is 5.69 Å². The molecule has 0 bridgehead atoms. The molecule has 0 atom stereocenters. The first-order valence-electron chi connectivity index (χ1n) is 5.63. The lowest BCUT2D eigenvalue weighted by Crippen LogP contribution is -2.34. The second-order valence-corrected chi connectivity index (χ2v) is 4.45. The minimum absolute atomic E-state index is 0.0418. The molecule has 1 amide bonds. The molecule has 0 heterocycles. The van der Waals surface area contributed by atoms with Crippen LogP contribution in [0.25, 0.3) is 0 Å². The van der Waals surface area contributed by atoms with Crippen LogP contribution in [-0.4, -0.2) is 13.0 Å². The van der Waals surface area contributed by atoms with E-state index in [0.29, 0.717) is 5.69 Å². The zero-order valence-corrected chi connectivity index (χ0v) is 9.66. The van der Waals surface area contributed by atoms with Crippen LogP contribution in [0.5, 0.6) is 0 Å². The molecule has 0 aromatic heterocycles. The summed E-state index contributed by atoms with van der Waals surface area (Å²) in [5.41, 5.74) is 0.157. The Kier molecular flexibility index (Phi) is 2.70. The summed E-state index contributed by atoms with van der Waals surface area (Å²) in [7, 11) is 1.65. The quantitative estimate of drug-likeness (QED) is 0.768. The predicted octanol–water partition coefficient (Wildman–Crippen LogP) is 2.98. The van der Waals surface area contributed by atoms with E-state index in [2.05, 4.69) is 0 Å². The number of halogens is 1. The third-order valence-electron chi connectivity index (χ3n) is 3.50. The van der Waals surface area contributed by atoms with E-state index in [0.717, 1.165) is 19.3 Å².